The number of halogens is 2. The molecule has 5 nitrogen and oxygen atoms in total. The standard InChI is InChI=1S/C13H11Cl2N3O2/c14-9-2-4-11(15)12(5-9)20-7-10-3-1-8(6-17-10)13(19)18-16/h1-6H,7,16H2,(H,18,19). The van der Waals surface area contributed by atoms with Gasteiger partial charge in [-0.15, -0.1) is 0 Å². The second kappa shape index (κ2) is 6.56. The quantitative estimate of drug-likeness (QED) is 0.517. The minimum absolute atomic E-state index is 0.213. The number of carbonyl (C=O) groups excluding carboxylic acids is 1. The fourth-order valence-electron chi connectivity index (χ4n) is 1.47. The van der Waals surface area contributed by atoms with Crippen LogP contribution in [-0.4, -0.2) is 10.9 Å². The average molecular weight is 312 g/mol. The molecule has 1 amide bonds. The number of pyridine rings is 1. The van der Waals surface area contributed by atoms with E-state index in [-0.39, 0.29) is 6.61 Å². The van der Waals surface area contributed by atoms with Crippen LogP contribution in [-0.2, 0) is 6.61 Å². The highest BCUT2D eigenvalue weighted by atomic mass is 35.5. The number of benzene rings is 1. The monoisotopic (exact) mass is 311 g/mol. The molecule has 7 heteroatoms. The van der Waals surface area contributed by atoms with Crippen LogP contribution >= 0.6 is 23.2 Å². The fourth-order valence-corrected chi connectivity index (χ4v) is 1.80. The highest BCUT2D eigenvalue weighted by Crippen LogP contribution is 2.28. The van der Waals surface area contributed by atoms with Gasteiger partial charge in [0.05, 0.1) is 16.3 Å². The number of carbonyl (C=O) groups is 1. The molecule has 2 rings (SSSR count). The maximum Gasteiger partial charge on any atom is 0.266 e. The first kappa shape index (κ1) is 14.6. The molecule has 2 aromatic rings. The van der Waals surface area contributed by atoms with Crippen LogP contribution in [0.1, 0.15) is 16.1 Å². The number of hydrazine groups is 1. The molecule has 0 aliphatic carbocycles. The van der Waals surface area contributed by atoms with E-state index in [1.165, 1.54) is 6.20 Å². The third-order valence-electron chi connectivity index (χ3n) is 2.49. The largest absolute Gasteiger partial charge is 0.486 e. The topological polar surface area (TPSA) is 77.2 Å². The van der Waals surface area contributed by atoms with Gasteiger partial charge < -0.3 is 4.74 Å². The van der Waals surface area contributed by atoms with Crippen LogP contribution in [0.4, 0.5) is 0 Å². The molecule has 104 valence electrons. The van der Waals surface area contributed by atoms with Crippen LogP contribution in [0.25, 0.3) is 0 Å². The number of aromatic nitrogens is 1. The van der Waals surface area contributed by atoms with Crippen LogP contribution in [0.15, 0.2) is 36.5 Å². The molecule has 1 aromatic heterocycles. The number of hydrogen-bond donors (Lipinski definition) is 2. The first-order valence-electron chi connectivity index (χ1n) is 5.64. The summed E-state index contributed by atoms with van der Waals surface area (Å²) in [7, 11) is 0. The number of nitrogen functional groups attached to an aromatic ring is 1. The predicted molar refractivity (Wildman–Crippen MR) is 76.7 cm³/mol. The number of nitrogens with two attached hydrogens (primary N) is 1. The SMILES string of the molecule is NNC(=O)c1ccc(COc2cc(Cl)ccc2Cl)nc1. The van der Waals surface area contributed by atoms with E-state index in [4.69, 9.17) is 33.8 Å². The molecule has 3 N–H and O–H groups in total. The number of amides is 1. The van der Waals surface area contributed by atoms with E-state index in [9.17, 15) is 4.79 Å². The van der Waals surface area contributed by atoms with Crippen LogP contribution in [0.3, 0.4) is 0 Å². The Balaban J connectivity index is 2.04. The number of hydrogen-bond acceptors (Lipinski definition) is 4. The first-order valence-corrected chi connectivity index (χ1v) is 6.39. The Bertz CT molecular complexity index is 618. The number of ether oxygens (including phenoxy) is 1. The molecule has 1 aromatic carbocycles. The molecule has 0 saturated heterocycles. The van der Waals surface area contributed by atoms with Crippen molar-refractivity contribution in [1.29, 1.82) is 0 Å². The second-order valence-corrected chi connectivity index (χ2v) is 4.72. The summed E-state index contributed by atoms with van der Waals surface area (Å²) in [4.78, 5) is 15.3. The van der Waals surface area contributed by atoms with Crippen LogP contribution < -0.4 is 16.0 Å². The Labute approximate surface area is 125 Å². The van der Waals surface area contributed by atoms with Gasteiger partial charge in [0.25, 0.3) is 5.91 Å². The van der Waals surface area contributed by atoms with Crippen molar-refractivity contribution >= 4 is 29.1 Å². The van der Waals surface area contributed by atoms with Gasteiger partial charge in [0.2, 0.25) is 0 Å². The molecule has 0 bridgehead atoms. The average Bonchev–Trinajstić information content (AvgIpc) is 2.48. The molecule has 0 radical (unpaired) electrons. The molecular formula is C13H11Cl2N3O2. The minimum atomic E-state index is -0.400. The lowest BCUT2D eigenvalue weighted by atomic mass is 10.2. The van der Waals surface area contributed by atoms with E-state index in [1.807, 2.05) is 5.43 Å². The lowest BCUT2D eigenvalue weighted by molar-refractivity contribution is 0.0953. The Hall–Kier alpha value is -1.82. The summed E-state index contributed by atoms with van der Waals surface area (Å²) in [5.74, 6) is 5.10. The van der Waals surface area contributed by atoms with E-state index >= 15 is 0 Å². The van der Waals surface area contributed by atoms with Crippen LogP contribution in [0.2, 0.25) is 10.0 Å². The molecule has 0 unspecified atom stereocenters. The molecule has 0 aliphatic heterocycles. The Morgan fingerprint density at radius 2 is 2.10 bits per heavy atom. The molecule has 0 spiro atoms. The van der Waals surface area contributed by atoms with Crippen molar-refractivity contribution in [2.45, 2.75) is 6.61 Å². The highest BCUT2D eigenvalue weighted by molar-refractivity contribution is 6.34. The van der Waals surface area contributed by atoms with Crippen molar-refractivity contribution in [1.82, 2.24) is 10.4 Å². The van der Waals surface area contributed by atoms with Gasteiger partial charge >= 0.3 is 0 Å². The van der Waals surface area contributed by atoms with Gasteiger partial charge in [-0.3, -0.25) is 15.2 Å². The maximum absolute atomic E-state index is 11.2. The van der Waals surface area contributed by atoms with Gasteiger partial charge in [0.1, 0.15) is 12.4 Å². The van der Waals surface area contributed by atoms with Gasteiger partial charge in [-0.2, -0.15) is 0 Å². The molecule has 0 fully saturated rings. The highest BCUT2D eigenvalue weighted by Gasteiger charge is 2.06. The Morgan fingerprint density at radius 1 is 1.30 bits per heavy atom. The van der Waals surface area contributed by atoms with E-state index < -0.39 is 5.91 Å². The van der Waals surface area contributed by atoms with Crippen molar-refractivity contribution < 1.29 is 9.53 Å². The van der Waals surface area contributed by atoms with Gasteiger partial charge in [-0.25, -0.2) is 5.84 Å². The zero-order chi connectivity index (χ0) is 14.5. The van der Waals surface area contributed by atoms with Crippen molar-refractivity contribution in [3.63, 3.8) is 0 Å². The summed E-state index contributed by atoms with van der Waals surface area (Å²) < 4.78 is 5.53. The fraction of sp³-hybridized carbons (Fsp3) is 0.0769. The van der Waals surface area contributed by atoms with Gasteiger partial charge in [-0.05, 0) is 24.3 Å². The molecule has 0 aliphatic rings. The lowest BCUT2D eigenvalue weighted by Gasteiger charge is -2.08. The van der Waals surface area contributed by atoms with E-state index in [1.54, 1.807) is 30.3 Å². The van der Waals surface area contributed by atoms with Gasteiger partial charge in [-0.1, -0.05) is 23.2 Å². The smallest absolute Gasteiger partial charge is 0.266 e. The summed E-state index contributed by atoms with van der Waals surface area (Å²) in [5, 5.41) is 1.00. The molecule has 0 saturated carbocycles. The Morgan fingerprint density at radius 3 is 2.75 bits per heavy atom. The minimum Gasteiger partial charge on any atom is -0.486 e. The Kier molecular flexibility index (Phi) is 4.79. The number of nitrogens with zero attached hydrogens (tertiary/aromatic N) is 1. The van der Waals surface area contributed by atoms with Gasteiger partial charge in [0, 0.05) is 17.3 Å². The third-order valence-corrected chi connectivity index (χ3v) is 3.03. The summed E-state index contributed by atoms with van der Waals surface area (Å²) in [6, 6.07) is 8.23. The predicted octanol–water partition coefficient (Wildman–Crippen LogP) is 2.57. The van der Waals surface area contributed by atoms with Crippen LogP contribution in [0, 0.1) is 0 Å². The third kappa shape index (κ3) is 3.60. The zero-order valence-corrected chi connectivity index (χ0v) is 11.8. The maximum atomic E-state index is 11.2. The van der Waals surface area contributed by atoms with E-state index in [2.05, 4.69) is 4.98 Å². The molecule has 1 heterocycles. The first-order chi connectivity index (χ1) is 9.60. The van der Waals surface area contributed by atoms with Crippen molar-refractivity contribution in [3.8, 4) is 5.75 Å². The number of rotatable bonds is 4. The van der Waals surface area contributed by atoms with Crippen molar-refractivity contribution in [2.24, 2.45) is 5.84 Å². The van der Waals surface area contributed by atoms with E-state index in [0.717, 1.165) is 0 Å². The molecule has 20 heavy (non-hydrogen) atoms. The van der Waals surface area contributed by atoms with Gasteiger partial charge in [0.15, 0.2) is 0 Å². The number of nitrogens with one attached hydrogen (secondary N) is 1. The summed E-state index contributed by atoms with van der Waals surface area (Å²) in [6.45, 7) is 0.213. The zero-order valence-electron chi connectivity index (χ0n) is 10.3. The summed E-state index contributed by atoms with van der Waals surface area (Å²) >= 11 is 11.8. The molecule has 0 atom stereocenters. The lowest BCUT2D eigenvalue weighted by Crippen LogP contribution is -2.30. The van der Waals surface area contributed by atoms with Crippen molar-refractivity contribution in [3.05, 3.63) is 57.8 Å². The second-order valence-electron chi connectivity index (χ2n) is 3.88. The van der Waals surface area contributed by atoms with E-state index in [0.29, 0.717) is 27.1 Å². The summed E-state index contributed by atoms with van der Waals surface area (Å²) in [6.07, 6.45) is 1.42. The molecular weight excluding hydrogens is 301 g/mol. The normalized spacial score (nSPS) is 10.2. The summed E-state index contributed by atoms with van der Waals surface area (Å²) in [5.41, 5.74) is 3.05. The van der Waals surface area contributed by atoms with Crippen molar-refractivity contribution in [2.75, 3.05) is 0 Å². The van der Waals surface area contributed by atoms with Crippen LogP contribution in [0.5, 0.6) is 5.75 Å².